The zero-order valence-electron chi connectivity index (χ0n) is 16.1. The highest BCUT2D eigenvalue weighted by Gasteiger charge is 2.47. The minimum Gasteiger partial charge on any atom is -0.442 e. The van der Waals surface area contributed by atoms with Crippen molar-refractivity contribution in [3.05, 3.63) is 60.7 Å². The lowest BCUT2D eigenvalue weighted by Gasteiger charge is -2.16. The molecule has 0 saturated carbocycles. The standard InChI is InChI=1S/C20H16N8O3/c29-20-28-15-3-1-12(13-2-4-19(22-9-13)27-11-23-25-26-27)7-14(15)8-16(28)17(31-20)10-21-18-5-6-30-24-18/h1-7,9,11,16-17H,8,10H2,(H,21,24)/t16-,17-/m0/s1. The molecule has 11 heteroatoms. The maximum atomic E-state index is 12.5. The van der Waals surface area contributed by atoms with Crippen molar-refractivity contribution in [2.75, 3.05) is 16.8 Å². The highest BCUT2D eigenvalue weighted by Crippen LogP contribution is 2.40. The quantitative estimate of drug-likeness (QED) is 0.520. The first-order valence-electron chi connectivity index (χ1n) is 9.73. The molecule has 1 N–H and O–H groups in total. The van der Waals surface area contributed by atoms with E-state index in [1.807, 2.05) is 24.3 Å². The minimum absolute atomic E-state index is 0.0579. The van der Waals surface area contributed by atoms with E-state index in [4.69, 9.17) is 9.26 Å². The van der Waals surface area contributed by atoms with Gasteiger partial charge in [0.15, 0.2) is 11.6 Å². The van der Waals surface area contributed by atoms with E-state index in [1.165, 1.54) is 17.3 Å². The molecular weight excluding hydrogens is 400 g/mol. The van der Waals surface area contributed by atoms with Gasteiger partial charge in [-0.15, -0.1) is 5.10 Å². The molecule has 0 radical (unpaired) electrons. The van der Waals surface area contributed by atoms with Crippen LogP contribution in [0, 0.1) is 0 Å². The summed E-state index contributed by atoms with van der Waals surface area (Å²) < 4.78 is 11.9. The van der Waals surface area contributed by atoms with Gasteiger partial charge < -0.3 is 14.6 Å². The molecule has 31 heavy (non-hydrogen) atoms. The Labute approximate surface area is 175 Å². The van der Waals surface area contributed by atoms with Crippen LogP contribution in [-0.2, 0) is 11.2 Å². The molecule has 0 bridgehead atoms. The topological polar surface area (TPSA) is 124 Å². The molecule has 0 aliphatic carbocycles. The molecule has 3 aromatic heterocycles. The minimum atomic E-state index is -0.323. The van der Waals surface area contributed by atoms with Gasteiger partial charge in [-0.2, -0.15) is 4.68 Å². The Morgan fingerprint density at radius 3 is 2.87 bits per heavy atom. The average Bonchev–Trinajstić information content (AvgIpc) is 3.58. The molecule has 1 saturated heterocycles. The maximum absolute atomic E-state index is 12.5. The number of tetrazole rings is 1. The number of amides is 1. The van der Waals surface area contributed by atoms with E-state index in [9.17, 15) is 4.79 Å². The fraction of sp³-hybridized carbons (Fsp3) is 0.200. The van der Waals surface area contributed by atoms with Crippen LogP contribution in [0.15, 0.2) is 59.7 Å². The second kappa shape index (κ2) is 6.90. The zero-order valence-corrected chi connectivity index (χ0v) is 16.1. The Bertz CT molecular complexity index is 1220. The molecule has 0 unspecified atom stereocenters. The number of nitrogens with zero attached hydrogens (tertiary/aromatic N) is 7. The first-order valence-corrected chi connectivity index (χ1v) is 9.73. The van der Waals surface area contributed by atoms with Crippen LogP contribution in [0.2, 0.25) is 0 Å². The number of anilines is 2. The number of hydrogen-bond acceptors (Lipinski definition) is 9. The summed E-state index contributed by atoms with van der Waals surface area (Å²) in [6, 6.07) is 11.6. The Balaban J connectivity index is 1.23. The third-order valence-electron chi connectivity index (χ3n) is 5.56. The summed E-state index contributed by atoms with van der Waals surface area (Å²) in [5, 5.41) is 18.1. The number of fused-ring (bicyclic) bond motifs is 3. The summed E-state index contributed by atoms with van der Waals surface area (Å²) in [4.78, 5) is 18.7. The number of benzene rings is 1. The number of cyclic esters (lactones) is 1. The molecule has 0 spiro atoms. The molecule has 1 aromatic carbocycles. The molecule has 5 heterocycles. The number of nitrogens with one attached hydrogen (secondary N) is 1. The first kappa shape index (κ1) is 17.6. The van der Waals surface area contributed by atoms with Crippen molar-refractivity contribution in [1.29, 1.82) is 0 Å². The molecule has 1 fully saturated rings. The summed E-state index contributed by atoms with van der Waals surface area (Å²) >= 11 is 0. The highest BCUT2D eigenvalue weighted by molar-refractivity contribution is 5.94. The van der Waals surface area contributed by atoms with Gasteiger partial charge in [0, 0.05) is 17.8 Å². The van der Waals surface area contributed by atoms with Crippen molar-refractivity contribution < 1.29 is 14.1 Å². The predicted octanol–water partition coefficient (Wildman–Crippen LogP) is 2.07. The molecule has 6 rings (SSSR count). The fourth-order valence-corrected chi connectivity index (χ4v) is 4.10. The van der Waals surface area contributed by atoms with Crippen LogP contribution < -0.4 is 10.2 Å². The number of aromatic nitrogens is 6. The monoisotopic (exact) mass is 416 g/mol. The van der Waals surface area contributed by atoms with Gasteiger partial charge in [0.2, 0.25) is 0 Å². The van der Waals surface area contributed by atoms with Crippen LogP contribution in [0.25, 0.3) is 16.9 Å². The zero-order chi connectivity index (χ0) is 20.8. The van der Waals surface area contributed by atoms with E-state index < -0.39 is 0 Å². The highest BCUT2D eigenvalue weighted by atomic mass is 16.6. The third-order valence-corrected chi connectivity index (χ3v) is 5.56. The van der Waals surface area contributed by atoms with Crippen LogP contribution in [0.3, 0.4) is 0 Å². The Hall–Kier alpha value is -4.28. The van der Waals surface area contributed by atoms with Gasteiger partial charge in [-0.1, -0.05) is 11.2 Å². The van der Waals surface area contributed by atoms with Crippen molar-refractivity contribution in [3.63, 3.8) is 0 Å². The molecule has 154 valence electrons. The summed E-state index contributed by atoms with van der Waals surface area (Å²) in [5.41, 5.74) is 4.00. The van der Waals surface area contributed by atoms with Crippen molar-refractivity contribution in [1.82, 2.24) is 30.3 Å². The second-order valence-corrected chi connectivity index (χ2v) is 7.33. The normalized spacial score (nSPS) is 19.2. The number of pyridine rings is 1. The molecular formula is C20H16N8O3. The number of hydrogen-bond donors (Lipinski definition) is 1. The lowest BCUT2D eigenvalue weighted by atomic mass is 10.0. The lowest BCUT2D eigenvalue weighted by Crippen LogP contribution is -2.36. The Morgan fingerprint density at radius 2 is 2.10 bits per heavy atom. The largest absolute Gasteiger partial charge is 0.442 e. The van der Waals surface area contributed by atoms with Gasteiger partial charge in [0.25, 0.3) is 0 Å². The van der Waals surface area contributed by atoms with Gasteiger partial charge in [-0.25, -0.2) is 9.78 Å². The van der Waals surface area contributed by atoms with Crippen LogP contribution >= 0.6 is 0 Å². The van der Waals surface area contributed by atoms with Crippen LogP contribution in [-0.4, -0.2) is 55.1 Å². The smallest absolute Gasteiger partial charge is 0.415 e. The Morgan fingerprint density at radius 1 is 1.16 bits per heavy atom. The molecule has 2 aliphatic heterocycles. The third kappa shape index (κ3) is 2.98. The molecule has 2 aliphatic rings. The van der Waals surface area contributed by atoms with E-state index in [1.54, 1.807) is 17.2 Å². The molecule has 1 amide bonds. The first-order chi connectivity index (χ1) is 15.3. The summed E-state index contributed by atoms with van der Waals surface area (Å²) in [6.07, 6.45) is 4.89. The van der Waals surface area contributed by atoms with Gasteiger partial charge in [-0.3, -0.25) is 4.90 Å². The van der Waals surface area contributed by atoms with Crippen LogP contribution in [0.4, 0.5) is 16.3 Å². The maximum Gasteiger partial charge on any atom is 0.415 e. The molecule has 2 atom stereocenters. The van der Waals surface area contributed by atoms with E-state index in [0.29, 0.717) is 18.2 Å². The average molecular weight is 416 g/mol. The van der Waals surface area contributed by atoms with E-state index >= 15 is 0 Å². The fourth-order valence-electron chi connectivity index (χ4n) is 4.10. The SMILES string of the molecule is O=C1O[C@@H](CNc2ccon2)[C@@H]2Cc3cc(-c4ccc(-n5cnnn5)nc4)ccc3N12. The second-order valence-electron chi connectivity index (χ2n) is 7.33. The number of rotatable bonds is 5. The summed E-state index contributed by atoms with van der Waals surface area (Å²) in [5.74, 6) is 1.26. The van der Waals surface area contributed by atoms with Crippen molar-refractivity contribution in [2.45, 2.75) is 18.6 Å². The predicted molar refractivity (Wildman–Crippen MR) is 108 cm³/mol. The van der Waals surface area contributed by atoms with E-state index in [-0.39, 0.29) is 18.2 Å². The lowest BCUT2D eigenvalue weighted by molar-refractivity contribution is 0.137. The molecule has 11 nitrogen and oxygen atoms in total. The van der Waals surface area contributed by atoms with E-state index in [2.05, 4.69) is 37.0 Å². The number of carbonyl (C=O) groups is 1. The molecule has 4 aromatic rings. The van der Waals surface area contributed by atoms with Crippen molar-refractivity contribution >= 4 is 17.6 Å². The summed E-state index contributed by atoms with van der Waals surface area (Å²) in [7, 11) is 0. The van der Waals surface area contributed by atoms with Gasteiger partial charge in [0.1, 0.15) is 18.7 Å². The van der Waals surface area contributed by atoms with Crippen LogP contribution in [0.5, 0.6) is 0 Å². The Kier molecular flexibility index (Phi) is 3.91. The summed E-state index contributed by atoms with van der Waals surface area (Å²) in [6.45, 7) is 0.461. The van der Waals surface area contributed by atoms with Crippen molar-refractivity contribution in [2.24, 2.45) is 0 Å². The van der Waals surface area contributed by atoms with Gasteiger partial charge in [-0.05, 0) is 52.2 Å². The van der Waals surface area contributed by atoms with Gasteiger partial charge >= 0.3 is 6.09 Å². The number of ether oxygens (including phenoxy) is 1. The van der Waals surface area contributed by atoms with Crippen LogP contribution in [0.1, 0.15) is 5.56 Å². The van der Waals surface area contributed by atoms with Gasteiger partial charge in [0.05, 0.1) is 18.3 Å². The van der Waals surface area contributed by atoms with E-state index in [0.717, 1.165) is 28.8 Å². The number of carbonyl (C=O) groups excluding carboxylic acids is 1. The van der Waals surface area contributed by atoms with Crippen molar-refractivity contribution in [3.8, 4) is 16.9 Å².